The van der Waals surface area contributed by atoms with Gasteiger partial charge in [-0.2, -0.15) is 0 Å². The minimum absolute atomic E-state index is 0.0648. The molecule has 0 aliphatic rings. The van der Waals surface area contributed by atoms with E-state index in [1.807, 2.05) is 13.0 Å². The molecule has 0 unspecified atom stereocenters. The number of nitro groups is 1. The molecule has 3 N–H and O–H groups in total. The number of rotatable bonds is 5. The van der Waals surface area contributed by atoms with Crippen LogP contribution in [0.5, 0.6) is 0 Å². The Balaban J connectivity index is 2.02. The minimum atomic E-state index is -0.541. The molecular formula is C18H18N4O4S. The summed E-state index contributed by atoms with van der Waals surface area (Å²) in [5.74, 6) is -0.599. The van der Waals surface area contributed by atoms with Crippen molar-refractivity contribution >= 4 is 46.2 Å². The number of carbonyl (C=O) groups is 2. The molecule has 0 atom stereocenters. The van der Waals surface area contributed by atoms with Gasteiger partial charge in [0.1, 0.15) is 0 Å². The summed E-state index contributed by atoms with van der Waals surface area (Å²) in [5, 5.41) is 18.9. The largest absolute Gasteiger partial charge is 0.332 e. The Morgan fingerprint density at radius 1 is 1.11 bits per heavy atom. The molecule has 0 aliphatic heterocycles. The molecule has 0 bridgehead atoms. The summed E-state index contributed by atoms with van der Waals surface area (Å²) in [6, 6.07) is 10.5. The summed E-state index contributed by atoms with van der Waals surface area (Å²) in [4.78, 5) is 33.9. The third-order valence-corrected chi connectivity index (χ3v) is 3.86. The van der Waals surface area contributed by atoms with Gasteiger partial charge in [0.15, 0.2) is 5.11 Å². The highest BCUT2D eigenvalue weighted by molar-refractivity contribution is 7.80. The lowest BCUT2D eigenvalue weighted by Crippen LogP contribution is -2.34. The van der Waals surface area contributed by atoms with Crippen molar-refractivity contribution < 1.29 is 14.5 Å². The minimum Gasteiger partial charge on any atom is -0.332 e. The number of nitrogens with one attached hydrogen (secondary N) is 3. The van der Waals surface area contributed by atoms with Crippen LogP contribution in [0.3, 0.4) is 0 Å². The lowest BCUT2D eigenvalue weighted by Gasteiger charge is -2.13. The summed E-state index contributed by atoms with van der Waals surface area (Å²) in [6.45, 7) is 3.62. The number of hydrogen-bond acceptors (Lipinski definition) is 5. The predicted molar refractivity (Wildman–Crippen MR) is 107 cm³/mol. The van der Waals surface area contributed by atoms with E-state index in [4.69, 9.17) is 12.2 Å². The van der Waals surface area contributed by atoms with Crippen LogP contribution in [-0.2, 0) is 4.79 Å². The number of nitrogens with zero attached hydrogens (tertiary/aromatic N) is 1. The zero-order valence-electron chi connectivity index (χ0n) is 14.7. The van der Waals surface area contributed by atoms with Crippen LogP contribution in [-0.4, -0.2) is 21.9 Å². The first kappa shape index (κ1) is 20.0. The fourth-order valence-electron chi connectivity index (χ4n) is 2.15. The van der Waals surface area contributed by atoms with E-state index in [2.05, 4.69) is 16.0 Å². The zero-order valence-corrected chi connectivity index (χ0v) is 15.6. The molecule has 0 heterocycles. The molecule has 0 fully saturated rings. The first-order valence-corrected chi connectivity index (χ1v) is 8.48. The van der Waals surface area contributed by atoms with Crippen molar-refractivity contribution in [3.63, 3.8) is 0 Å². The third-order valence-electron chi connectivity index (χ3n) is 3.66. The normalized spacial score (nSPS) is 10.0. The van der Waals surface area contributed by atoms with Crippen LogP contribution in [0.2, 0.25) is 0 Å². The highest BCUT2D eigenvalue weighted by Crippen LogP contribution is 2.20. The van der Waals surface area contributed by atoms with Crippen LogP contribution >= 0.6 is 12.2 Å². The van der Waals surface area contributed by atoms with E-state index < -0.39 is 10.8 Å². The fourth-order valence-corrected chi connectivity index (χ4v) is 2.36. The number of aryl methyl sites for hydroxylation is 1. The van der Waals surface area contributed by atoms with Gasteiger partial charge in [0.2, 0.25) is 5.91 Å². The summed E-state index contributed by atoms with van der Waals surface area (Å²) < 4.78 is 0. The van der Waals surface area contributed by atoms with Gasteiger partial charge in [0.05, 0.1) is 4.92 Å². The maximum Gasteiger partial charge on any atom is 0.269 e. The van der Waals surface area contributed by atoms with Crippen molar-refractivity contribution in [1.29, 1.82) is 0 Å². The van der Waals surface area contributed by atoms with E-state index in [9.17, 15) is 19.7 Å². The number of non-ortho nitro benzene ring substituents is 1. The highest BCUT2D eigenvalue weighted by Gasteiger charge is 2.11. The molecule has 140 valence electrons. The molecule has 9 heteroatoms. The topological polar surface area (TPSA) is 113 Å². The summed E-state index contributed by atoms with van der Waals surface area (Å²) in [6.07, 6.45) is 0.362. The van der Waals surface area contributed by atoms with Crippen LogP contribution in [0.25, 0.3) is 0 Å². The lowest BCUT2D eigenvalue weighted by atomic mass is 10.1. The van der Waals surface area contributed by atoms with E-state index in [0.717, 1.165) is 5.56 Å². The molecule has 0 aliphatic carbocycles. The maximum atomic E-state index is 12.2. The smallest absolute Gasteiger partial charge is 0.269 e. The Hall–Kier alpha value is -3.33. The van der Waals surface area contributed by atoms with Crippen molar-refractivity contribution in [2.45, 2.75) is 20.3 Å². The Labute approximate surface area is 161 Å². The number of anilines is 2. The molecule has 2 aromatic rings. The van der Waals surface area contributed by atoms with E-state index in [-0.39, 0.29) is 22.3 Å². The van der Waals surface area contributed by atoms with Crippen LogP contribution in [0.1, 0.15) is 29.3 Å². The van der Waals surface area contributed by atoms with E-state index in [1.54, 1.807) is 19.1 Å². The maximum absolute atomic E-state index is 12.2. The Bertz CT molecular complexity index is 897. The Kier molecular flexibility index (Phi) is 6.56. The van der Waals surface area contributed by atoms with Crippen LogP contribution in [0.4, 0.5) is 17.1 Å². The molecule has 0 saturated heterocycles. The molecule has 2 rings (SSSR count). The van der Waals surface area contributed by atoms with E-state index in [0.29, 0.717) is 17.8 Å². The van der Waals surface area contributed by atoms with Gasteiger partial charge in [-0.05, 0) is 49.0 Å². The molecule has 2 aromatic carbocycles. The average Bonchev–Trinajstić information content (AvgIpc) is 2.64. The molecular weight excluding hydrogens is 368 g/mol. The van der Waals surface area contributed by atoms with Gasteiger partial charge in [-0.25, -0.2) is 0 Å². The quantitative estimate of drug-likeness (QED) is 0.412. The molecule has 2 amide bonds. The average molecular weight is 386 g/mol. The van der Waals surface area contributed by atoms with Crippen molar-refractivity contribution in [1.82, 2.24) is 5.32 Å². The van der Waals surface area contributed by atoms with Gasteiger partial charge in [-0.15, -0.1) is 0 Å². The molecule has 8 nitrogen and oxygen atoms in total. The molecule has 0 saturated carbocycles. The Morgan fingerprint density at radius 3 is 2.37 bits per heavy atom. The number of carbonyl (C=O) groups excluding carboxylic acids is 2. The van der Waals surface area contributed by atoms with Gasteiger partial charge in [-0.3, -0.25) is 25.0 Å². The van der Waals surface area contributed by atoms with E-state index in [1.165, 1.54) is 24.3 Å². The fraction of sp³-hybridized carbons (Fsp3) is 0.167. The van der Waals surface area contributed by atoms with Crippen molar-refractivity contribution in [2.24, 2.45) is 0 Å². The monoisotopic (exact) mass is 386 g/mol. The van der Waals surface area contributed by atoms with Gasteiger partial charge in [-0.1, -0.05) is 13.0 Å². The summed E-state index contributed by atoms with van der Waals surface area (Å²) in [5.41, 5.74) is 2.28. The second kappa shape index (κ2) is 8.86. The summed E-state index contributed by atoms with van der Waals surface area (Å²) >= 11 is 5.13. The Morgan fingerprint density at radius 2 is 1.78 bits per heavy atom. The van der Waals surface area contributed by atoms with E-state index >= 15 is 0 Å². The number of thiocarbonyl (C=S) groups is 1. The van der Waals surface area contributed by atoms with Crippen molar-refractivity contribution in [2.75, 3.05) is 10.6 Å². The molecule has 0 radical (unpaired) electrons. The molecule has 0 spiro atoms. The highest BCUT2D eigenvalue weighted by atomic mass is 32.1. The molecule has 0 aromatic heterocycles. The van der Waals surface area contributed by atoms with Crippen LogP contribution < -0.4 is 16.0 Å². The number of benzene rings is 2. The number of nitro benzene ring substituents is 1. The summed E-state index contributed by atoms with van der Waals surface area (Å²) in [7, 11) is 0. The predicted octanol–water partition coefficient (Wildman–Crippen LogP) is 3.38. The number of hydrogen-bond donors (Lipinski definition) is 3. The number of amides is 2. The van der Waals surface area contributed by atoms with Crippen molar-refractivity contribution in [3.8, 4) is 0 Å². The second-order valence-electron chi connectivity index (χ2n) is 5.64. The zero-order chi connectivity index (χ0) is 20.0. The van der Waals surface area contributed by atoms with Gasteiger partial charge in [0.25, 0.3) is 11.6 Å². The van der Waals surface area contributed by atoms with Gasteiger partial charge < -0.3 is 10.6 Å². The third kappa shape index (κ3) is 5.58. The van der Waals surface area contributed by atoms with Gasteiger partial charge in [0, 0.05) is 35.5 Å². The first-order valence-electron chi connectivity index (χ1n) is 8.07. The van der Waals surface area contributed by atoms with Gasteiger partial charge >= 0.3 is 0 Å². The van der Waals surface area contributed by atoms with Crippen LogP contribution in [0.15, 0.2) is 42.5 Å². The van der Waals surface area contributed by atoms with Crippen LogP contribution in [0, 0.1) is 17.0 Å². The standard InChI is InChI=1S/C18H18N4O4S/c1-3-16(23)20-15-10-13(7-4-11(15)2)19-18(27)21-17(24)12-5-8-14(9-6-12)22(25)26/h4-10H,3H2,1-2H3,(H,20,23)(H2,19,21,24,27). The SMILES string of the molecule is CCC(=O)Nc1cc(NC(=S)NC(=O)c2ccc([N+](=O)[O-])cc2)ccc1C. The first-order chi connectivity index (χ1) is 12.8. The second-order valence-corrected chi connectivity index (χ2v) is 6.05. The lowest BCUT2D eigenvalue weighted by molar-refractivity contribution is -0.384. The molecule has 27 heavy (non-hydrogen) atoms. The van der Waals surface area contributed by atoms with Crippen molar-refractivity contribution in [3.05, 3.63) is 63.7 Å².